The summed E-state index contributed by atoms with van der Waals surface area (Å²) in [5, 5.41) is 8.33. The van der Waals surface area contributed by atoms with Crippen LogP contribution in [0.5, 0.6) is 5.88 Å². The standard InChI is InChI=1S/C19H23N3O3S/c1-14-2-6-17(7-3-14)26(23,24)22-11-10-15(12-22)13-25-19-9-8-18(20-21-19)16-4-5-16/h2-3,6-9,15-16H,4-5,10-13H2,1H3. The largest absolute Gasteiger partial charge is 0.476 e. The molecule has 138 valence electrons. The third-order valence-electron chi connectivity index (χ3n) is 5.03. The number of aromatic nitrogens is 2. The maximum absolute atomic E-state index is 12.7. The molecule has 0 amide bonds. The van der Waals surface area contributed by atoms with Gasteiger partial charge in [-0.2, -0.15) is 9.40 Å². The second-order valence-corrected chi connectivity index (χ2v) is 9.15. The summed E-state index contributed by atoms with van der Waals surface area (Å²) in [4.78, 5) is 0.353. The molecule has 1 saturated carbocycles. The molecule has 6 nitrogen and oxygen atoms in total. The first-order valence-corrected chi connectivity index (χ1v) is 10.5. The van der Waals surface area contributed by atoms with Crippen molar-refractivity contribution >= 4 is 10.0 Å². The number of hydrogen-bond acceptors (Lipinski definition) is 5. The Morgan fingerprint density at radius 1 is 1.08 bits per heavy atom. The van der Waals surface area contributed by atoms with Gasteiger partial charge in [0.2, 0.25) is 15.9 Å². The minimum absolute atomic E-state index is 0.167. The first kappa shape index (κ1) is 17.4. The second-order valence-electron chi connectivity index (χ2n) is 7.21. The second kappa shape index (κ2) is 6.96. The lowest BCUT2D eigenvalue weighted by Crippen LogP contribution is -2.29. The SMILES string of the molecule is Cc1ccc(S(=O)(=O)N2CCC(COc3ccc(C4CC4)nn3)C2)cc1. The van der Waals surface area contributed by atoms with Crippen LogP contribution in [-0.2, 0) is 10.0 Å². The van der Waals surface area contributed by atoms with Crippen molar-refractivity contribution in [1.82, 2.24) is 14.5 Å². The van der Waals surface area contributed by atoms with Crippen molar-refractivity contribution in [2.75, 3.05) is 19.7 Å². The molecule has 1 atom stereocenters. The molecule has 4 rings (SSSR count). The molecule has 2 aliphatic rings. The molecule has 1 aromatic carbocycles. The van der Waals surface area contributed by atoms with E-state index in [1.54, 1.807) is 16.4 Å². The highest BCUT2D eigenvalue weighted by Gasteiger charge is 2.33. The fourth-order valence-corrected chi connectivity index (χ4v) is 4.75. The van der Waals surface area contributed by atoms with Gasteiger partial charge in [-0.05, 0) is 44.4 Å². The van der Waals surface area contributed by atoms with Gasteiger partial charge in [-0.3, -0.25) is 0 Å². The maximum atomic E-state index is 12.7. The summed E-state index contributed by atoms with van der Waals surface area (Å²) in [6.07, 6.45) is 3.18. The van der Waals surface area contributed by atoms with Gasteiger partial charge in [0.05, 0.1) is 17.2 Å². The van der Waals surface area contributed by atoms with E-state index in [2.05, 4.69) is 10.2 Å². The number of sulfonamides is 1. The van der Waals surface area contributed by atoms with E-state index in [0.29, 0.717) is 36.4 Å². The van der Waals surface area contributed by atoms with Crippen LogP contribution in [0.15, 0.2) is 41.3 Å². The summed E-state index contributed by atoms with van der Waals surface area (Å²) >= 11 is 0. The molecule has 1 unspecified atom stereocenters. The lowest BCUT2D eigenvalue weighted by molar-refractivity contribution is 0.243. The smallest absolute Gasteiger partial charge is 0.243 e. The number of nitrogens with zero attached hydrogens (tertiary/aromatic N) is 3. The van der Waals surface area contributed by atoms with E-state index in [9.17, 15) is 8.42 Å². The van der Waals surface area contributed by atoms with Crippen LogP contribution in [0, 0.1) is 12.8 Å². The third-order valence-corrected chi connectivity index (χ3v) is 6.91. The zero-order chi connectivity index (χ0) is 18.1. The lowest BCUT2D eigenvalue weighted by Gasteiger charge is -2.17. The number of ether oxygens (including phenoxy) is 1. The Morgan fingerprint density at radius 3 is 2.50 bits per heavy atom. The van der Waals surface area contributed by atoms with Crippen molar-refractivity contribution in [3.63, 3.8) is 0 Å². The highest BCUT2D eigenvalue weighted by molar-refractivity contribution is 7.89. The van der Waals surface area contributed by atoms with Gasteiger partial charge in [0.25, 0.3) is 0 Å². The van der Waals surface area contributed by atoms with Gasteiger partial charge in [0.15, 0.2) is 0 Å². The van der Waals surface area contributed by atoms with Gasteiger partial charge in [-0.25, -0.2) is 8.42 Å². The number of rotatable bonds is 6. The normalized spacial score (nSPS) is 21.0. The summed E-state index contributed by atoms with van der Waals surface area (Å²) in [7, 11) is -3.43. The molecule has 1 saturated heterocycles. The van der Waals surface area contributed by atoms with Crippen LogP contribution < -0.4 is 4.74 Å². The van der Waals surface area contributed by atoms with Crippen molar-refractivity contribution < 1.29 is 13.2 Å². The number of hydrogen-bond donors (Lipinski definition) is 0. The molecule has 0 N–H and O–H groups in total. The van der Waals surface area contributed by atoms with Crippen LogP contribution in [0.3, 0.4) is 0 Å². The highest BCUT2D eigenvalue weighted by Crippen LogP contribution is 2.38. The van der Waals surface area contributed by atoms with E-state index in [0.717, 1.165) is 17.7 Å². The summed E-state index contributed by atoms with van der Waals surface area (Å²) in [6.45, 7) is 3.40. The van der Waals surface area contributed by atoms with Crippen molar-refractivity contribution in [2.24, 2.45) is 5.92 Å². The third kappa shape index (κ3) is 3.73. The first-order chi connectivity index (χ1) is 12.5. The minimum atomic E-state index is -3.43. The molecule has 26 heavy (non-hydrogen) atoms. The van der Waals surface area contributed by atoms with E-state index < -0.39 is 10.0 Å². The average Bonchev–Trinajstić information content (AvgIpc) is 3.38. The van der Waals surface area contributed by atoms with Gasteiger partial charge in [0.1, 0.15) is 0 Å². The van der Waals surface area contributed by atoms with E-state index in [1.165, 1.54) is 12.8 Å². The summed E-state index contributed by atoms with van der Waals surface area (Å²) < 4.78 is 32.8. The Hall–Kier alpha value is -1.99. The monoisotopic (exact) mass is 373 g/mol. The molecule has 1 aliphatic heterocycles. The van der Waals surface area contributed by atoms with Crippen LogP contribution in [-0.4, -0.2) is 42.6 Å². The Morgan fingerprint density at radius 2 is 1.85 bits per heavy atom. The van der Waals surface area contributed by atoms with Gasteiger partial charge < -0.3 is 4.74 Å². The Labute approximate surface area is 154 Å². The molecule has 1 aromatic heterocycles. The summed E-state index contributed by atoms with van der Waals surface area (Å²) in [6, 6.07) is 10.8. The van der Waals surface area contributed by atoms with Gasteiger partial charge in [-0.1, -0.05) is 17.7 Å². The Balaban J connectivity index is 1.33. The van der Waals surface area contributed by atoms with Crippen LogP contribution >= 0.6 is 0 Å². The van der Waals surface area contributed by atoms with Crippen molar-refractivity contribution in [1.29, 1.82) is 0 Å². The molecular formula is C19H23N3O3S. The fourth-order valence-electron chi connectivity index (χ4n) is 3.22. The Bertz CT molecular complexity index is 862. The van der Waals surface area contributed by atoms with Crippen molar-refractivity contribution in [2.45, 2.75) is 37.0 Å². The Kier molecular flexibility index (Phi) is 4.67. The number of aryl methyl sites for hydroxylation is 1. The average molecular weight is 373 g/mol. The highest BCUT2D eigenvalue weighted by atomic mass is 32.2. The molecule has 0 spiro atoms. The van der Waals surface area contributed by atoms with Gasteiger partial charge >= 0.3 is 0 Å². The van der Waals surface area contributed by atoms with Crippen LogP contribution in [0.4, 0.5) is 0 Å². The van der Waals surface area contributed by atoms with Crippen LogP contribution in [0.1, 0.15) is 36.4 Å². The van der Waals surface area contributed by atoms with E-state index in [4.69, 9.17) is 4.74 Å². The quantitative estimate of drug-likeness (QED) is 0.778. The predicted octanol–water partition coefficient (Wildman–Crippen LogP) is 2.75. The maximum Gasteiger partial charge on any atom is 0.243 e. The molecule has 7 heteroatoms. The topological polar surface area (TPSA) is 72.4 Å². The van der Waals surface area contributed by atoms with E-state index >= 15 is 0 Å². The van der Waals surface area contributed by atoms with Crippen molar-refractivity contribution in [3.8, 4) is 5.88 Å². The molecule has 0 bridgehead atoms. The molecule has 0 radical (unpaired) electrons. The zero-order valence-electron chi connectivity index (χ0n) is 14.8. The first-order valence-electron chi connectivity index (χ1n) is 9.05. The molecule has 2 heterocycles. The molecule has 2 fully saturated rings. The molecule has 2 aromatic rings. The number of benzene rings is 1. The minimum Gasteiger partial charge on any atom is -0.476 e. The van der Waals surface area contributed by atoms with Crippen molar-refractivity contribution in [3.05, 3.63) is 47.7 Å². The van der Waals surface area contributed by atoms with Crippen LogP contribution in [0.25, 0.3) is 0 Å². The lowest BCUT2D eigenvalue weighted by atomic mass is 10.1. The fraction of sp³-hybridized carbons (Fsp3) is 0.474. The van der Waals surface area contributed by atoms with Crippen LogP contribution in [0.2, 0.25) is 0 Å². The predicted molar refractivity (Wildman–Crippen MR) is 97.5 cm³/mol. The summed E-state index contributed by atoms with van der Waals surface area (Å²) in [5.74, 6) is 1.25. The van der Waals surface area contributed by atoms with E-state index in [-0.39, 0.29) is 5.92 Å². The molecule has 1 aliphatic carbocycles. The van der Waals surface area contributed by atoms with Gasteiger partial charge in [-0.15, -0.1) is 5.10 Å². The zero-order valence-corrected chi connectivity index (χ0v) is 15.7. The van der Waals surface area contributed by atoms with Gasteiger partial charge in [0, 0.05) is 31.0 Å². The van der Waals surface area contributed by atoms with E-state index in [1.807, 2.05) is 31.2 Å². The summed E-state index contributed by atoms with van der Waals surface area (Å²) in [5.41, 5.74) is 2.08. The molecular weight excluding hydrogens is 350 g/mol.